The van der Waals surface area contributed by atoms with Gasteiger partial charge in [0.25, 0.3) is 0 Å². The van der Waals surface area contributed by atoms with Gasteiger partial charge in [-0.1, -0.05) is 6.07 Å². The maximum Gasteiger partial charge on any atom is 0.504 e. The van der Waals surface area contributed by atoms with E-state index in [4.69, 9.17) is 11.5 Å². The van der Waals surface area contributed by atoms with Crippen LogP contribution in [0.3, 0.4) is 0 Å². The zero-order valence-corrected chi connectivity index (χ0v) is 8.99. The van der Waals surface area contributed by atoms with E-state index in [-0.39, 0.29) is 5.84 Å². The van der Waals surface area contributed by atoms with Crippen LogP contribution in [0, 0.1) is 6.92 Å². The minimum Gasteiger partial charge on any atom is -0.399 e. The summed E-state index contributed by atoms with van der Waals surface area (Å²) in [5, 5.41) is 0. The van der Waals surface area contributed by atoms with E-state index < -0.39 is 6.30 Å². The van der Waals surface area contributed by atoms with Gasteiger partial charge in [-0.3, -0.25) is 0 Å². The normalized spacial score (nSPS) is 13.3. The number of nitrogens with zero attached hydrogens (tertiary/aromatic N) is 2. The number of alkyl halides is 3. The fourth-order valence-electron chi connectivity index (χ4n) is 1.14. The Kier molecular flexibility index (Phi) is 3.72. The number of halogens is 3. The Hall–Kier alpha value is -2.05. The molecule has 17 heavy (non-hydrogen) atoms. The molecule has 0 fully saturated rings. The smallest absolute Gasteiger partial charge is 0.399 e. The summed E-state index contributed by atoms with van der Waals surface area (Å²) in [6.07, 6.45) is -4.27. The lowest BCUT2D eigenvalue weighted by atomic mass is 10.1. The first-order valence-corrected chi connectivity index (χ1v) is 4.60. The molecule has 0 aliphatic rings. The van der Waals surface area contributed by atoms with Gasteiger partial charge < -0.3 is 11.5 Å². The lowest BCUT2D eigenvalue weighted by molar-refractivity contribution is -0.119. The zero-order chi connectivity index (χ0) is 13.1. The third kappa shape index (κ3) is 4.13. The standard InChI is InChI=1S/C10H11F3N4/c1-6-2-3-7(14)4-8(6)9(15)16-5-17-10(11,12)13/h2-5H,14H2,1H3,(H2,15,16,17). The van der Waals surface area contributed by atoms with Gasteiger partial charge in [0, 0.05) is 11.3 Å². The molecule has 0 heterocycles. The van der Waals surface area contributed by atoms with Gasteiger partial charge in [-0.25, -0.2) is 4.99 Å². The minimum atomic E-state index is -4.64. The lowest BCUT2D eigenvalue weighted by Gasteiger charge is -2.05. The van der Waals surface area contributed by atoms with Crippen molar-refractivity contribution in [3.8, 4) is 0 Å². The van der Waals surface area contributed by atoms with Gasteiger partial charge in [-0.2, -0.15) is 4.99 Å². The minimum absolute atomic E-state index is 0.0669. The van der Waals surface area contributed by atoms with Crippen LogP contribution in [0.5, 0.6) is 0 Å². The van der Waals surface area contributed by atoms with E-state index in [0.29, 0.717) is 17.6 Å². The number of anilines is 1. The van der Waals surface area contributed by atoms with E-state index in [9.17, 15) is 13.2 Å². The molecular formula is C10H11F3N4. The fraction of sp³-hybridized carbons (Fsp3) is 0.200. The molecule has 1 aromatic rings. The van der Waals surface area contributed by atoms with Crippen molar-refractivity contribution in [2.24, 2.45) is 15.7 Å². The van der Waals surface area contributed by atoms with Crippen molar-refractivity contribution in [2.45, 2.75) is 13.2 Å². The number of rotatable bonds is 2. The molecule has 0 bridgehead atoms. The summed E-state index contributed by atoms with van der Waals surface area (Å²) in [6, 6.07) is 4.90. The number of aryl methyl sites for hydroxylation is 1. The Labute approximate surface area is 95.9 Å². The summed E-state index contributed by atoms with van der Waals surface area (Å²) in [4.78, 5) is 5.66. The highest BCUT2D eigenvalue weighted by Gasteiger charge is 2.24. The van der Waals surface area contributed by atoms with E-state index in [1.54, 1.807) is 19.1 Å². The predicted octanol–water partition coefficient (Wildman–Crippen LogP) is 1.83. The predicted molar refractivity (Wildman–Crippen MR) is 60.9 cm³/mol. The first-order valence-electron chi connectivity index (χ1n) is 4.60. The van der Waals surface area contributed by atoms with Crippen LogP contribution in [0.15, 0.2) is 28.2 Å². The van der Waals surface area contributed by atoms with E-state index in [1.165, 1.54) is 6.07 Å². The van der Waals surface area contributed by atoms with Crippen LogP contribution < -0.4 is 11.5 Å². The molecule has 1 rings (SSSR count). The zero-order valence-electron chi connectivity index (χ0n) is 8.99. The largest absolute Gasteiger partial charge is 0.504 e. The Balaban J connectivity index is 2.96. The van der Waals surface area contributed by atoms with Crippen LogP contribution in [0.4, 0.5) is 18.9 Å². The fourth-order valence-corrected chi connectivity index (χ4v) is 1.14. The van der Waals surface area contributed by atoms with Gasteiger partial charge in [0.1, 0.15) is 12.2 Å². The number of hydrogen-bond donors (Lipinski definition) is 2. The van der Waals surface area contributed by atoms with Crippen LogP contribution in [0.2, 0.25) is 0 Å². The number of hydrogen-bond acceptors (Lipinski definition) is 2. The topological polar surface area (TPSA) is 76.8 Å². The summed E-state index contributed by atoms with van der Waals surface area (Å²) >= 11 is 0. The van der Waals surface area contributed by atoms with Crippen molar-refractivity contribution >= 4 is 17.9 Å². The van der Waals surface area contributed by atoms with Gasteiger partial charge in [0.15, 0.2) is 0 Å². The first kappa shape index (κ1) is 13.0. The van der Waals surface area contributed by atoms with Gasteiger partial charge >= 0.3 is 6.30 Å². The molecule has 0 spiro atoms. The maximum atomic E-state index is 11.7. The number of aliphatic imine (C=N–C) groups is 2. The molecule has 0 atom stereocenters. The summed E-state index contributed by atoms with van der Waals surface area (Å²) in [5.41, 5.74) is 12.8. The molecule has 0 saturated heterocycles. The summed E-state index contributed by atoms with van der Waals surface area (Å²) in [6.45, 7) is 1.75. The second-order valence-electron chi connectivity index (χ2n) is 3.30. The summed E-state index contributed by atoms with van der Waals surface area (Å²) in [5.74, 6) is -0.0669. The molecule has 0 aliphatic heterocycles. The van der Waals surface area contributed by atoms with Crippen LogP contribution in [0.1, 0.15) is 11.1 Å². The third-order valence-electron chi connectivity index (χ3n) is 1.94. The van der Waals surface area contributed by atoms with Crippen molar-refractivity contribution < 1.29 is 13.2 Å². The molecule has 4 N–H and O–H groups in total. The Morgan fingerprint density at radius 2 is 2.00 bits per heavy atom. The average molecular weight is 244 g/mol. The molecule has 0 amide bonds. The van der Waals surface area contributed by atoms with Crippen molar-refractivity contribution in [3.05, 3.63) is 29.3 Å². The number of amidine groups is 1. The van der Waals surface area contributed by atoms with Gasteiger partial charge in [-0.05, 0) is 24.6 Å². The lowest BCUT2D eigenvalue weighted by Crippen LogP contribution is -2.15. The molecule has 92 valence electrons. The quantitative estimate of drug-likeness (QED) is 0.360. The van der Waals surface area contributed by atoms with E-state index in [1.807, 2.05) is 0 Å². The third-order valence-corrected chi connectivity index (χ3v) is 1.94. The van der Waals surface area contributed by atoms with Crippen molar-refractivity contribution in [1.82, 2.24) is 0 Å². The SMILES string of the molecule is Cc1ccc(N)cc1C(N)=N/C=N/C(F)(F)F. The highest BCUT2D eigenvalue weighted by atomic mass is 19.4. The monoisotopic (exact) mass is 244 g/mol. The van der Waals surface area contributed by atoms with E-state index in [2.05, 4.69) is 9.98 Å². The number of benzene rings is 1. The molecule has 0 unspecified atom stereocenters. The van der Waals surface area contributed by atoms with E-state index in [0.717, 1.165) is 5.56 Å². The summed E-state index contributed by atoms with van der Waals surface area (Å²) < 4.78 is 35.2. The number of nitrogens with two attached hydrogens (primary N) is 2. The van der Waals surface area contributed by atoms with E-state index >= 15 is 0 Å². The van der Waals surface area contributed by atoms with Crippen LogP contribution in [0.25, 0.3) is 0 Å². The average Bonchev–Trinajstić information content (AvgIpc) is 2.19. The molecule has 1 aromatic carbocycles. The number of nitrogen functional groups attached to an aromatic ring is 1. The van der Waals surface area contributed by atoms with Gasteiger partial charge in [0.05, 0.1) is 0 Å². The second-order valence-corrected chi connectivity index (χ2v) is 3.30. The van der Waals surface area contributed by atoms with Crippen LogP contribution in [-0.2, 0) is 0 Å². The second kappa shape index (κ2) is 4.86. The molecule has 0 aliphatic carbocycles. The van der Waals surface area contributed by atoms with Gasteiger partial charge in [0.2, 0.25) is 0 Å². The highest BCUT2D eigenvalue weighted by molar-refractivity contribution is 6.02. The van der Waals surface area contributed by atoms with Crippen molar-refractivity contribution in [2.75, 3.05) is 5.73 Å². The Morgan fingerprint density at radius 3 is 2.59 bits per heavy atom. The molecular weight excluding hydrogens is 233 g/mol. The Morgan fingerprint density at radius 1 is 1.35 bits per heavy atom. The summed E-state index contributed by atoms with van der Waals surface area (Å²) in [7, 11) is 0. The molecule has 4 nitrogen and oxygen atoms in total. The van der Waals surface area contributed by atoms with Crippen LogP contribution >= 0.6 is 0 Å². The maximum absolute atomic E-state index is 11.7. The molecule has 7 heteroatoms. The molecule has 0 radical (unpaired) electrons. The van der Waals surface area contributed by atoms with Gasteiger partial charge in [-0.15, -0.1) is 13.2 Å². The molecule has 0 aromatic heterocycles. The first-order chi connectivity index (χ1) is 7.79. The highest BCUT2D eigenvalue weighted by Crippen LogP contribution is 2.15. The van der Waals surface area contributed by atoms with Crippen molar-refractivity contribution in [1.29, 1.82) is 0 Å². The van der Waals surface area contributed by atoms with Crippen molar-refractivity contribution in [3.63, 3.8) is 0 Å². The molecule has 0 saturated carbocycles. The van der Waals surface area contributed by atoms with Crippen LogP contribution in [-0.4, -0.2) is 18.5 Å². The Bertz CT molecular complexity index is 463.